The zero-order valence-corrected chi connectivity index (χ0v) is 20.4. The number of hydrogen-bond donors (Lipinski definition) is 0. The van der Waals surface area contributed by atoms with Gasteiger partial charge in [0.1, 0.15) is 0 Å². The van der Waals surface area contributed by atoms with Gasteiger partial charge in [-0.3, -0.25) is 20.2 Å². The van der Waals surface area contributed by atoms with Crippen LogP contribution in [0.25, 0.3) is 0 Å². The van der Waals surface area contributed by atoms with E-state index in [1.165, 1.54) is 48.5 Å². The molecule has 2 rings (SSSR count). The van der Waals surface area contributed by atoms with Crippen molar-refractivity contribution in [2.24, 2.45) is 0 Å². The largest absolute Gasteiger partial charge is 2.00 e. The van der Waals surface area contributed by atoms with Gasteiger partial charge in [-0.15, -0.1) is 23.5 Å². The first-order valence-electron chi connectivity index (χ1n) is 7.33. The quantitative estimate of drug-likeness (QED) is 0.0920. The number of non-ortho nitro benzene ring substituents is 2. The maximum Gasteiger partial charge on any atom is 2.00 e. The minimum absolute atomic E-state index is 0. The van der Waals surface area contributed by atoms with Gasteiger partial charge in [-0.2, -0.15) is 0 Å². The van der Waals surface area contributed by atoms with E-state index in [1.54, 1.807) is 0 Å². The van der Waals surface area contributed by atoms with Crippen LogP contribution in [-0.4, -0.2) is 33.3 Å². The third-order valence-corrected chi connectivity index (χ3v) is 4.78. The monoisotopic (exact) mass is 596 g/mol. The third kappa shape index (κ3) is 21.4. The number of carbonyl (C=O) groups is 2. The van der Waals surface area contributed by atoms with Crippen molar-refractivity contribution in [1.82, 2.24) is 0 Å². The summed E-state index contributed by atoms with van der Waals surface area (Å²) in [6, 6.07) is 11.3. The summed E-state index contributed by atoms with van der Waals surface area (Å²) in [5, 5.41) is 40.8. The Kier molecular flexibility index (Phi) is 36.3. The molecule has 0 aliphatic heterocycles. The van der Waals surface area contributed by atoms with Crippen LogP contribution < -0.4 is 10.2 Å². The van der Waals surface area contributed by atoms with Gasteiger partial charge in [0.2, 0.25) is 0 Å². The summed E-state index contributed by atoms with van der Waals surface area (Å²) in [5.41, 5.74) is -0.0226. The first-order chi connectivity index (χ1) is 13.2. The molecule has 0 amide bonds. The Labute approximate surface area is 215 Å². The third-order valence-electron chi connectivity index (χ3n) is 2.81. The maximum atomic E-state index is 10.3. The molecular weight excluding hydrogens is 567 g/mol. The SMILES string of the molecule is O=C([O-])CSc1ccc([N+](=O)[O-])cc1.O=C([O-])CSc1ccc([N+](=O)[O-])cc1.[Ni+2].[OH3+].[OH3+].[OH3+].[OH3+].[OH3+].[OH3+]. The summed E-state index contributed by atoms with van der Waals surface area (Å²) in [7, 11) is 0. The Hall–Kier alpha value is -2.87. The molecule has 0 fully saturated rings. The molecule has 2 aromatic rings. The molecule has 0 unspecified atom stereocenters. The molecule has 18 N–H and O–H groups in total. The maximum absolute atomic E-state index is 10.3. The van der Waals surface area contributed by atoms with Crippen molar-refractivity contribution in [2.45, 2.75) is 9.79 Å². The zero-order valence-electron chi connectivity index (χ0n) is 17.8. The van der Waals surface area contributed by atoms with E-state index in [0.717, 1.165) is 23.5 Å². The number of carboxylic acids is 2. The van der Waals surface area contributed by atoms with Gasteiger partial charge in [0.25, 0.3) is 11.4 Å². The van der Waals surface area contributed by atoms with Crippen molar-refractivity contribution >= 4 is 46.8 Å². The summed E-state index contributed by atoms with van der Waals surface area (Å²) in [6.45, 7) is 0. The van der Waals surface area contributed by atoms with E-state index in [2.05, 4.69) is 0 Å². The Morgan fingerprint density at radius 3 is 1.00 bits per heavy atom. The summed E-state index contributed by atoms with van der Waals surface area (Å²) in [5.74, 6) is -2.63. The van der Waals surface area contributed by atoms with E-state index in [4.69, 9.17) is 0 Å². The molecule has 204 valence electrons. The van der Waals surface area contributed by atoms with Gasteiger partial charge in [0.05, 0.1) is 21.8 Å². The minimum atomic E-state index is -1.16. The zero-order chi connectivity index (χ0) is 21.1. The summed E-state index contributed by atoms with van der Waals surface area (Å²) < 4.78 is 0. The van der Waals surface area contributed by atoms with Crippen LogP contribution in [0.4, 0.5) is 11.4 Å². The minimum Gasteiger partial charge on any atom is -0.549 e. The van der Waals surface area contributed by atoms with Crippen molar-refractivity contribution in [1.29, 1.82) is 0 Å². The Morgan fingerprint density at radius 2 is 0.829 bits per heavy atom. The standard InChI is InChI=1S/2C8H7NO4S.Ni.6H2O/c2*10-8(11)5-14-7-3-1-6(2-4-7)9(12)13;;;;;;;/h2*1-4H,5H2,(H,10,11);;6*1H2/q;;+2;;;;;;/p+4. The van der Waals surface area contributed by atoms with Crippen LogP contribution in [0.15, 0.2) is 58.3 Å². The molecule has 35 heavy (non-hydrogen) atoms. The average Bonchev–Trinajstić information content (AvgIpc) is 2.65. The number of thioether (sulfide) groups is 2. The first kappa shape index (κ1) is 49.3. The fourth-order valence-electron chi connectivity index (χ4n) is 1.61. The molecule has 19 heteroatoms. The van der Waals surface area contributed by atoms with Crippen molar-refractivity contribution in [3.8, 4) is 0 Å². The molecule has 0 aliphatic carbocycles. The van der Waals surface area contributed by atoms with Gasteiger partial charge < -0.3 is 52.7 Å². The van der Waals surface area contributed by atoms with E-state index in [9.17, 15) is 40.0 Å². The topological polar surface area (TPSA) is 365 Å². The molecule has 0 heterocycles. The average molecular weight is 597 g/mol. The van der Waals surface area contributed by atoms with Crippen LogP contribution in [0, 0.1) is 20.2 Å². The van der Waals surface area contributed by atoms with Gasteiger partial charge in [-0.1, -0.05) is 0 Å². The molecule has 2 aromatic carbocycles. The molecular formula is C16H30N2NiO14S2+6. The first-order valence-corrected chi connectivity index (χ1v) is 9.30. The number of nitrogens with zero attached hydrogens (tertiary/aromatic N) is 2. The molecule has 16 nitrogen and oxygen atoms in total. The van der Waals surface area contributed by atoms with Crippen LogP contribution in [0.1, 0.15) is 0 Å². The second-order valence-corrected chi connectivity index (χ2v) is 6.92. The Morgan fingerprint density at radius 1 is 0.600 bits per heavy atom. The van der Waals surface area contributed by atoms with Crippen LogP contribution in [0.2, 0.25) is 0 Å². The predicted octanol–water partition coefficient (Wildman–Crippen LogP) is -4.66. The Balaban J connectivity index is -0.0000000747. The molecule has 0 bridgehead atoms. The van der Waals surface area contributed by atoms with Crippen LogP contribution >= 0.6 is 23.5 Å². The molecule has 0 saturated carbocycles. The Bertz CT molecular complexity index is 785. The van der Waals surface area contributed by atoms with E-state index >= 15 is 0 Å². The van der Waals surface area contributed by atoms with Crippen molar-refractivity contribution < 1.29 is 79.0 Å². The van der Waals surface area contributed by atoms with Gasteiger partial charge in [-0.05, 0) is 24.3 Å². The van der Waals surface area contributed by atoms with Gasteiger partial charge in [0, 0.05) is 45.6 Å². The van der Waals surface area contributed by atoms with Crippen molar-refractivity contribution in [3.05, 3.63) is 68.8 Å². The van der Waals surface area contributed by atoms with Gasteiger partial charge >= 0.3 is 16.5 Å². The van der Waals surface area contributed by atoms with Crippen molar-refractivity contribution in [2.75, 3.05) is 11.5 Å². The summed E-state index contributed by atoms with van der Waals surface area (Å²) >= 11 is 2.13. The molecule has 0 aliphatic rings. The predicted molar refractivity (Wildman–Crippen MR) is 127 cm³/mol. The van der Waals surface area contributed by atoms with E-state index in [-0.39, 0.29) is 72.2 Å². The number of carboxylic acid groups (broad SMARTS) is 2. The van der Waals surface area contributed by atoms with Crippen LogP contribution in [-0.2, 0) is 58.9 Å². The van der Waals surface area contributed by atoms with Gasteiger partial charge in [-0.25, -0.2) is 0 Å². The van der Waals surface area contributed by atoms with Crippen LogP contribution in [0.3, 0.4) is 0 Å². The summed E-state index contributed by atoms with van der Waals surface area (Å²) in [4.78, 5) is 41.1. The molecule has 0 saturated heterocycles. The molecule has 0 spiro atoms. The fourth-order valence-corrected chi connectivity index (χ4v) is 2.84. The van der Waals surface area contributed by atoms with E-state index in [0.29, 0.717) is 9.79 Å². The molecule has 0 radical (unpaired) electrons. The molecule has 0 atom stereocenters. The fraction of sp³-hybridized carbons (Fsp3) is 0.125. The van der Waals surface area contributed by atoms with Gasteiger partial charge in [0.15, 0.2) is 0 Å². The number of nitro groups is 2. The van der Waals surface area contributed by atoms with E-state index < -0.39 is 21.8 Å². The second kappa shape index (κ2) is 25.8. The van der Waals surface area contributed by atoms with Crippen LogP contribution in [0.5, 0.6) is 0 Å². The number of aliphatic carboxylic acids is 2. The number of hydrogen-bond acceptors (Lipinski definition) is 10. The number of benzene rings is 2. The smallest absolute Gasteiger partial charge is 0.549 e. The van der Waals surface area contributed by atoms with E-state index in [1.807, 2.05) is 0 Å². The summed E-state index contributed by atoms with van der Waals surface area (Å²) in [6.07, 6.45) is 0. The molecule has 0 aromatic heterocycles. The number of carbonyl (C=O) groups excluding carboxylic acids is 2. The normalized spacial score (nSPS) is 7.77. The number of nitro benzene ring substituents is 2. The number of rotatable bonds is 8. The second-order valence-electron chi connectivity index (χ2n) is 4.82. The van der Waals surface area contributed by atoms with Crippen molar-refractivity contribution in [3.63, 3.8) is 0 Å².